The van der Waals surface area contributed by atoms with Crippen LogP contribution in [-0.2, 0) is 11.3 Å². The van der Waals surface area contributed by atoms with Crippen molar-refractivity contribution in [2.45, 2.75) is 19.5 Å². The van der Waals surface area contributed by atoms with Crippen LogP contribution >= 0.6 is 0 Å². The monoisotopic (exact) mass is 335 g/mol. The average Bonchev–Trinajstić information content (AvgIpc) is 2.60. The van der Waals surface area contributed by atoms with Gasteiger partial charge in [-0.2, -0.15) is 0 Å². The summed E-state index contributed by atoms with van der Waals surface area (Å²) in [6.07, 6.45) is 0. The molecule has 1 aromatic carbocycles. The van der Waals surface area contributed by atoms with Gasteiger partial charge in [-0.1, -0.05) is 0 Å². The Kier molecular flexibility index (Phi) is 6.45. The quantitative estimate of drug-likeness (QED) is 0.784. The molecule has 0 radical (unpaired) electrons. The van der Waals surface area contributed by atoms with E-state index in [4.69, 9.17) is 9.47 Å². The topological polar surface area (TPSA) is 45.3 Å². The SMILES string of the molecule is COc1ccc(OC)c(CN2CCN(C(C)C(=O)N(C)C)CC2)c1. The van der Waals surface area contributed by atoms with Gasteiger partial charge in [-0.25, -0.2) is 0 Å². The van der Waals surface area contributed by atoms with Crippen molar-refractivity contribution < 1.29 is 14.3 Å². The predicted molar refractivity (Wildman–Crippen MR) is 94.6 cm³/mol. The van der Waals surface area contributed by atoms with E-state index < -0.39 is 0 Å². The zero-order chi connectivity index (χ0) is 17.7. The fraction of sp³-hybridized carbons (Fsp3) is 0.611. The molecule has 1 fully saturated rings. The summed E-state index contributed by atoms with van der Waals surface area (Å²) in [6, 6.07) is 5.83. The minimum absolute atomic E-state index is 0.0616. The first-order valence-corrected chi connectivity index (χ1v) is 8.34. The Morgan fingerprint density at radius 3 is 2.38 bits per heavy atom. The van der Waals surface area contributed by atoms with E-state index in [-0.39, 0.29) is 11.9 Å². The van der Waals surface area contributed by atoms with Crippen LogP contribution < -0.4 is 9.47 Å². The molecule has 1 unspecified atom stereocenters. The first-order valence-electron chi connectivity index (χ1n) is 8.34. The molecule has 0 spiro atoms. The van der Waals surface area contributed by atoms with Gasteiger partial charge in [0.2, 0.25) is 5.91 Å². The molecule has 2 rings (SSSR count). The van der Waals surface area contributed by atoms with Crippen LogP contribution in [0.5, 0.6) is 11.5 Å². The summed E-state index contributed by atoms with van der Waals surface area (Å²) in [5.74, 6) is 1.89. The third kappa shape index (κ3) is 4.39. The van der Waals surface area contributed by atoms with Gasteiger partial charge in [0.25, 0.3) is 0 Å². The fourth-order valence-electron chi connectivity index (χ4n) is 3.08. The normalized spacial score (nSPS) is 17.4. The van der Waals surface area contributed by atoms with Gasteiger partial charge in [-0.3, -0.25) is 14.6 Å². The number of carbonyl (C=O) groups is 1. The molecular weight excluding hydrogens is 306 g/mol. The number of ether oxygens (including phenoxy) is 2. The van der Waals surface area contributed by atoms with Crippen molar-refractivity contribution in [1.82, 2.24) is 14.7 Å². The molecule has 1 heterocycles. The second kappa shape index (κ2) is 8.35. The standard InChI is InChI=1S/C18H29N3O3/c1-14(18(22)19(2)3)21-10-8-20(9-11-21)13-15-12-16(23-4)6-7-17(15)24-5/h6-7,12,14H,8-11,13H2,1-5H3. The van der Waals surface area contributed by atoms with Gasteiger partial charge in [0.05, 0.1) is 20.3 Å². The maximum atomic E-state index is 12.1. The second-order valence-electron chi connectivity index (χ2n) is 6.40. The highest BCUT2D eigenvalue weighted by Gasteiger charge is 2.26. The van der Waals surface area contributed by atoms with Crippen molar-refractivity contribution in [3.8, 4) is 11.5 Å². The Morgan fingerprint density at radius 2 is 1.83 bits per heavy atom. The van der Waals surface area contributed by atoms with Crippen LogP contribution in [0.3, 0.4) is 0 Å². The van der Waals surface area contributed by atoms with Gasteiger partial charge < -0.3 is 14.4 Å². The lowest BCUT2D eigenvalue weighted by atomic mass is 10.1. The molecule has 0 aromatic heterocycles. The van der Waals surface area contributed by atoms with Gasteiger partial charge >= 0.3 is 0 Å². The largest absolute Gasteiger partial charge is 0.497 e. The number of likely N-dealkylation sites (N-methyl/N-ethyl adjacent to an activating group) is 1. The van der Waals surface area contributed by atoms with Crippen LogP contribution in [0.25, 0.3) is 0 Å². The summed E-state index contributed by atoms with van der Waals surface area (Å²) < 4.78 is 10.8. The Labute approximate surface area is 144 Å². The van der Waals surface area contributed by atoms with Crippen molar-refractivity contribution in [3.05, 3.63) is 23.8 Å². The molecular formula is C18H29N3O3. The molecule has 0 saturated carbocycles. The second-order valence-corrected chi connectivity index (χ2v) is 6.40. The summed E-state index contributed by atoms with van der Waals surface area (Å²) in [7, 11) is 6.99. The third-order valence-electron chi connectivity index (χ3n) is 4.63. The van der Waals surface area contributed by atoms with E-state index in [1.54, 1.807) is 19.1 Å². The Morgan fingerprint density at radius 1 is 1.17 bits per heavy atom. The number of benzene rings is 1. The van der Waals surface area contributed by atoms with Crippen LogP contribution in [0.1, 0.15) is 12.5 Å². The van der Waals surface area contributed by atoms with Crippen molar-refractivity contribution in [2.75, 3.05) is 54.5 Å². The first kappa shape index (κ1) is 18.5. The molecule has 0 bridgehead atoms. The molecule has 1 amide bonds. The Bertz CT molecular complexity index is 554. The molecule has 1 saturated heterocycles. The van der Waals surface area contributed by atoms with Gasteiger partial charge in [0.1, 0.15) is 11.5 Å². The third-order valence-corrected chi connectivity index (χ3v) is 4.63. The van der Waals surface area contributed by atoms with Crippen molar-refractivity contribution in [3.63, 3.8) is 0 Å². The number of amides is 1. The fourth-order valence-corrected chi connectivity index (χ4v) is 3.08. The highest BCUT2D eigenvalue weighted by molar-refractivity contribution is 5.80. The van der Waals surface area contributed by atoms with Crippen LogP contribution in [0.4, 0.5) is 0 Å². The Balaban J connectivity index is 1.95. The summed E-state index contributed by atoms with van der Waals surface area (Å²) in [6.45, 7) is 6.48. The maximum Gasteiger partial charge on any atom is 0.239 e. The molecule has 6 heteroatoms. The van der Waals surface area contributed by atoms with Gasteiger partial charge in [0.15, 0.2) is 0 Å². The number of rotatable bonds is 6. The molecule has 0 N–H and O–H groups in total. The van der Waals surface area contributed by atoms with Gasteiger partial charge in [-0.05, 0) is 25.1 Å². The number of nitrogens with zero attached hydrogens (tertiary/aromatic N) is 3. The van der Waals surface area contributed by atoms with Gasteiger partial charge in [0, 0.05) is 52.4 Å². The van der Waals surface area contributed by atoms with E-state index in [2.05, 4.69) is 9.80 Å². The van der Waals surface area contributed by atoms with Crippen molar-refractivity contribution in [2.24, 2.45) is 0 Å². The van der Waals surface area contributed by atoms with E-state index in [9.17, 15) is 4.79 Å². The highest BCUT2D eigenvalue weighted by Crippen LogP contribution is 2.25. The van der Waals surface area contributed by atoms with Crippen LogP contribution in [-0.4, -0.2) is 81.1 Å². The summed E-state index contributed by atoms with van der Waals surface area (Å²) in [4.78, 5) is 18.4. The highest BCUT2D eigenvalue weighted by atomic mass is 16.5. The predicted octanol–water partition coefficient (Wildman–Crippen LogP) is 1.30. The smallest absolute Gasteiger partial charge is 0.239 e. The molecule has 24 heavy (non-hydrogen) atoms. The lowest BCUT2D eigenvalue weighted by molar-refractivity contribution is -0.134. The number of hydrogen-bond donors (Lipinski definition) is 0. The zero-order valence-corrected chi connectivity index (χ0v) is 15.4. The van der Waals surface area contributed by atoms with E-state index >= 15 is 0 Å². The summed E-state index contributed by atoms with van der Waals surface area (Å²) in [5.41, 5.74) is 1.13. The van der Waals surface area contributed by atoms with E-state index in [0.717, 1.165) is 49.8 Å². The lowest BCUT2D eigenvalue weighted by Crippen LogP contribution is -2.53. The zero-order valence-electron chi connectivity index (χ0n) is 15.4. The average molecular weight is 335 g/mol. The first-order chi connectivity index (χ1) is 11.5. The molecule has 1 aliphatic rings. The molecule has 6 nitrogen and oxygen atoms in total. The minimum atomic E-state index is -0.0616. The Hall–Kier alpha value is -1.79. The number of carbonyl (C=O) groups excluding carboxylic acids is 1. The number of methoxy groups -OCH3 is 2. The summed E-state index contributed by atoms with van der Waals surface area (Å²) >= 11 is 0. The van der Waals surface area contributed by atoms with E-state index in [1.807, 2.05) is 39.2 Å². The van der Waals surface area contributed by atoms with Crippen LogP contribution in [0, 0.1) is 0 Å². The maximum absolute atomic E-state index is 12.1. The molecule has 1 atom stereocenters. The van der Waals surface area contributed by atoms with Crippen molar-refractivity contribution in [1.29, 1.82) is 0 Å². The van der Waals surface area contributed by atoms with Crippen LogP contribution in [0.2, 0.25) is 0 Å². The number of piperazine rings is 1. The van der Waals surface area contributed by atoms with Crippen molar-refractivity contribution >= 4 is 5.91 Å². The van der Waals surface area contributed by atoms with E-state index in [0.29, 0.717) is 0 Å². The lowest BCUT2D eigenvalue weighted by Gasteiger charge is -2.38. The van der Waals surface area contributed by atoms with Gasteiger partial charge in [-0.15, -0.1) is 0 Å². The minimum Gasteiger partial charge on any atom is -0.497 e. The molecule has 0 aliphatic carbocycles. The molecule has 1 aromatic rings. The molecule has 134 valence electrons. The van der Waals surface area contributed by atoms with Crippen LogP contribution in [0.15, 0.2) is 18.2 Å². The molecule has 1 aliphatic heterocycles. The van der Waals surface area contributed by atoms with E-state index in [1.165, 1.54) is 0 Å². The summed E-state index contributed by atoms with van der Waals surface area (Å²) in [5, 5.41) is 0. The number of hydrogen-bond acceptors (Lipinski definition) is 5.